The van der Waals surface area contributed by atoms with Crippen LogP contribution in [-0.2, 0) is 26.1 Å². The third-order valence-electron chi connectivity index (χ3n) is 5.79. The van der Waals surface area contributed by atoms with Gasteiger partial charge in [0.15, 0.2) is 0 Å². The van der Waals surface area contributed by atoms with E-state index >= 15 is 0 Å². The van der Waals surface area contributed by atoms with Crippen LogP contribution in [-0.4, -0.2) is 30.8 Å². The van der Waals surface area contributed by atoms with Crippen LogP contribution in [0.2, 0.25) is 0 Å². The Morgan fingerprint density at radius 2 is 1.84 bits per heavy atom. The van der Waals surface area contributed by atoms with Crippen LogP contribution in [0.15, 0.2) is 77.9 Å². The van der Waals surface area contributed by atoms with Crippen LogP contribution in [0.1, 0.15) is 28.2 Å². The van der Waals surface area contributed by atoms with Crippen molar-refractivity contribution in [1.29, 1.82) is 0 Å². The van der Waals surface area contributed by atoms with Crippen LogP contribution in [0.3, 0.4) is 0 Å². The zero-order valence-electron chi connectivity index (χ0n) is 17.6. The van der Waals surface area contributed by atoms with Crippen LogP contribution in [0, 0.1) is 6.92 Å². The molecule has 6 heteroatoms. The lowest BCUT2D eigenvalue weighted by atomic mass is 10.1. The van der Waals surface area contributed by atoms with Gasteiger partial charge in [-0.25, -0.2) is 4.68 Å². The van der Waals surface area contributed by atoms with E-state index in [9.17, 15) is 4.79 Å². The van der Waals surface area contributed by atoms with Gasteiger partial charge in [-0.1, -0.05) is 30.3 Å². The van der Waals surface area contributed by atoms with E-state index in [0.29, 0.717) is 6.54 Å². The molecule has 0 aliphatic carbocycles. The molecule has 4 heterocycles. The van der Waals surface area contributed by atoms with Gasteiger partial charge in [-0.15, -0.1) is 0 Å². The first-order valence-electron chi connectivity index (χ1n) is 10.6. The first-order valence-corrected chi connectivity index (χ1v) is 10.6. The standard InChI is InChI=1S/C25H25N5O/c1-19-7-5-9-21(27-19)17-28-14-12-23-24(18-28)29(16-20-8-6-13-26-15-20)30(25(23)31)22-10-3-2-4-11-22/h2-11,13,15H,12,14,16-18H2,1H3. The van der Waals surface area contributed by atoms with E-state index in [1.165, 1.54) is 0 Å². The Balaban J connectivity index is 1.55. The van der Waals surface area contributed by atoms with Crippen LogP contribution in [0.5, 0.6) is 0 Å². The van der Waals surface area contributed by atoms with E-state index in [4.69, 9.17) is 0 Å². The molecule has 0 unspecified atom stereocenters. The number of aromatic nitrogens is 4. The smallest absolute Gasteiger partial charge is 0.274 e. The summed E-state index contributed by atoms with van der Waals surface area (Å²) < 4.78 is 3.95. The normalized spacial score (nSPS) is 13.8. The summed E-state index contributed by atoms with van der Waals surface area (Å²) in [5, 5.41) is 0. The molecule has 0 fully saturated rings. The van der Waals surface area contributed by atoms with Gasteiger partial charge in [-0.05, 0) is 49.2 Å². The molecule has 1 aliphatic heterocycles. The third kappa shape index (κ3) is 3.94. The Bertz CT molecular complexity index is 1240. The number of fused-ring (bicyclic) bond motifs is 1. The highest BCUT2D eigenvalue weighted by Crippen LogP contribution is 2.22. The van der Waals surface area contributed by atoms with Crippen LogP contribution >= 0.6 is 0 Å². The lowest BCUT2D eigenvalue weighted by molar-refractivity contribution is 0.233. The van der Waals surface area contributed by atoms with Gasteiger partial charge in [0.2, 0.25) is 0 Å². The monoisotopic (exact) mass is 411 g/mol. The zero-order chi connectivity index (χ0) is 21.2. The fourth-order valence-electron chi connectivity index (χ4n) is 4.33. The second kappa shape index (κ2) is 8.32. The summed E-state index contributed by atoms with van der Waals surface area (Å²) in [4.78, 5) is 24.7. The van der Waals surface area contributed by atoms with E-state index < -0.39 is 0 Å². The lowest BCUT2D eigenvalue weighted by Crippen LogP contribution is -2.32. The molecule has 0 radical (unpaired) electrons. The van der Waals surface area contributed by atoms with Gasteiger partial charge in [-0.3, -0.25) is 24.3 Å². The van der Waals surface area contributed by atoms with Gasteiger partial charge in [0.1, 0.15) is 0 Å². The van der Waals surface area contributed by atoms with Crippen molar-refractivity contribution in [2.24, 2.45) is 0 Å². The third-order valence-corrected chi connectivity index (χ3v) is 5.79. The molecule has 156 valence electrons. The first kappa shape index (κ1) is 19.5. The van der Waals surface area contributed by atoms with Gasteiger partial charge in [0.05, 0.1) is 23.6 Å². The highest BCUT2D eigenvalue weighted by Gasteiger charge is 2.27. The number of aryl methyl sites for hydroxylation is 1. The molecular formula is C25H25N5O. The van der Waals surface area contributed by atoms with Crippen molar-refractivity contribution in [3.8, 4) is 5.69 Å². The Morgan fingerprint density at radius 3 is 2.61 bits per heavy atom. The Hall–Kier alpha value is -3.51. The molecule has 3 aromatic heterocycles. The van der Waals surface area contributed by atoms with Crippen molar-refractivity contribution in [1.82, 2.24) is 24.2 Å². The second-order valence-electron chi connectivity index (χ2n) is 8.03. The molecule has 1 aromatic carbocycles. The summed E-state index contributed by atoms with van der Waals surface area (Å²) in [5.41, 5.74) is 6.13. The van der Waals surface area contributed by atoms with Crippen molar-refractivity contribution in [3.63, 3.8) is 0 Å². The predicted molar refractivity (Wildman–Crippen MR) is 120 cm³/mol. The average Bonchev–Trinajstić information content (AvgIpc) is 3.06. The van der Waals surface area contributed by atoms with Crippen LogP contribution < -0.4 is 5.56 Å². The van der Waals surface area contributed by atoms with Crippen LogP contribution in [0.4, 0.5) is 0 Å². The van der Waals surface area contributed by atoms with Crippen molar-refractivity contribution in [3.05, 3.63) is 112 Å². The van der Waals surface area contributed by atoms with Crippen molar-refractivity contribution in [2.75, 3.05) is 6.54 Å². The summed E-state index contributed by atoms with van der Waals surface area (Å²) in [6, 6.07) is 20.0. The molecule has 0 saturated heterocycles. The molecule has 1 aliphatic rings. The van der Waals surface area contributed by atoms with Gasteiger partial charge in [0, 0.05) is 43.3 Å². The lowest BCUT2D eigenvalue weighted by Gasteiger charge is -2.27. The minimum Gasteiger partial charge on any atom is -0.291 e. The largest absolute Gasteiger partial charge is 0.291 e. The number of pyridine rings is 2. The quantitative estimate of drug-likeness (QED) is 0.505. The molecule has 0 bridgehead atoms. The number of hydrogen-bond donors (Lipinski definition) is 0. The second-order valence-corrected chi connectivity index (χ2v) is 8.03. The Kier molecular flexibility index (Phi) is 5.22. The van der Waals surface area contributed by atoms with E-state index in [-0.39, 0.29) is 5.56 Å². The topological polar surface area (TPSA) is 56.0 Å². The highest BCUT2D eigenvalue weighted by atomic mass is 16.1. The fourth-order valence-corrected chi connectivity index (χ4v) is 4.33. The number of nitrogens with zero attached hydrogens (tertiary/aromatic N) is 5. The molecule has 4 aromatic rings. The minimum absolute atomic E-state index is 0.0819. The molecule has 31 heavy (non-hydrogen) atoms. The summed E-state index contributed by atoms with van der Waals surface area (Å²) in [7, 11) is 0. The molecule has 0 saturated carbocycles. The van der Waals surface area contributed by atoms with E-state index in [0.717, 1.165) is 60.0 Å². The van der Waals surface area contributed by atoms with Crippen molar-refractivity contribution < 1.29 is 0 Å². The van der Waals surface area contributed by atoms with E-state index in [1.54, 1.807) is 6.20 Å². The summed E-state index contributed by atoms with van der Waals surface area (Å²) in [6.07, 6.45) is 4.38. The maximum absolute atomic E-state index is 13.4. The maximum atomic E-state index is 13.4. The molecular weight excluding hydrogens is 386 g/mol. The van der Waals surface area contributed by atoms with E-state index in [2.05, 4.69) is 37.7 Å². The number of para-hydroxylation sites is 1. The molecule has 0 N–H and O–H groups in total. The number of benzene rings is 1. The van der Waals surface area contributed by atoms with Crippen LogP contribution in [0.25, 0.3) is 5.69 Å². The summed E-state index contributed by atoms with van der Waals surface area (Å²) in [5.74, 6) is 0. The molecule has 0 spiro atoms. The van der Waals surface area contributed by atoms with Gasteiger partial charge in [0.25, 0.3) is 5.56 Å². The molecule has 6 nitrogen and oxygen atoms in total. The minimum atomic E-state index is 0.0819. The predicted octanol–water partition coefficient (Wildman–Crippen LogP) is 3.34. The Labute approximate surface area is 181 Å². The number of hydrogen-bond acceptors (Lipinski definition) is 4. The summed E-state index contributed by atoms with van der Waals surface area (Å²) in [6.45, 7) is 4.97. The SMILES string of the molecule is Cc1cccc(CN2CCc3c(n(Cc4cccnc4)n(-c4ccccc4)c3=O)C2)n1. The number of rotatable bonds is 5. The first-order chi connectivity index (χ1) is 15.2. The van der Waals surface area contributed by atoms with Gasteiger partial charge >= 0.3 is 0 Å². The van der Waals surface area contributed by atoms with Gasteiger partial charge in [-0.2, -0.15) is 0 Å². The van der Waals surface area contributed by atoms with Crippen molar-refractivity contribution in [2.45, 2.75) is 33.0 Å². The zero-order valence-corrected chi connectivity index (χ0v) is 17.6. The van der Waals surface area contributed by atoms with Gasteiger partial charge < -0.3 is 0 Å². The molecule has 5 rings (SSSR count). The van der Waals surface area contributed by atoms with Crippen molar-refractivity contribution >= 4 is 0 Å². The summed E-state index contributed by atoms with van der Waals surface area (Å²) >= 11 is 0. The van der Waals surface area contributed by atoms with E-state index in [1.807, 2.05) is 60.3 Å². The Morgan fingerprint density at radius 1 is 0.968 bits per heavy atom. The molecule has 0 amide bonds. The highest BCUT2D eigenvalue weighted by molar-refractivity contribution is 5.35. The average molecular weight is 412 g/mol. The maximum Gasteiger partial charge on any atom is 0.274 e. The molecule has 0 atom stereocenters. The fraction of sp³-hybridized carbons (Fsp3) is 0.240.